The van der Waals surface area contributed by atoms with Crippen molar-refractivity contribution in [2.24, 2.45) is 5.73 Å². The second-order valence-corrected chi connectivity index (χ2v) is 5.54. The molecule has 2 N–H and O–H groups in total. The van der Waals surface area contributed by atoms with Crippen LogP contribution in [0.5, 0.6) is 0 Å². The highest BCUT2D eigenvalue weighted by atomic mass is 19.4. The molecule has 0 aliphatic heterocycles. The number of halogens is 3. The zero-order chi connectivity index (χ0) is 15.6. The van der Waals surface area contributed by atoms with Crippen LogP contribution < -0.4 is 5.73 Å². The summed E-state index contributed by atoms with van der Waals surface area (Å²) in [7, 11) is 0. The lowest BCUT2D eigenvalue weighted by Crippen LogP contribution is -2.38. The first kappa shape index (κ1) is 16.5. The number of alkyl halides is 3. The molecule has 0 unspecified atom stereocenters. The van der Waals surface area contributed by atoms with E-state index >= 15 is 0 Å². The zero-order valence-electron chi connectivity index (χ0n) is 11.6. The maximum atomic E-state index is 12.4. The van der Waals surface area contributed by atoms with Crippen LogP contribution >= 0.6 is 0 Å². The molecule has 0 spiro atoms. The molecule has 112 valence electrons. The minimum Gasteiger partial charge on any atom is -0.459 e. The Morgan fingerprint density at radius 1 is 1.20 bits per heavy atom. The molecule has 1 atom stereocenters. The van der Waals surface area contributed by atoms with Crippen molar-refractivity contribution in [2.45, 2.75) is 45.0 Å². The second-order valence-electron chi connectivity index (χ2n) is 5.54. The summed E-state index contributed by atoms with van der Waals surface area (Å²) in [4.78, 5) is 11.7. The Balaban J connectivity index is 2.67. The summed E-state index contributed by atoms with van der Waals surface area (Å²) in [5.74, 6) is -0.572. The summed E-state index contributed by atoms with van der Waals surface area (Å²) in [5, 5.41) is 0. The van der Waals surface area contributed by atoms with Gasteiger partial charge in [0.15, 0.2) is 0 Å². The van der Waals surface area contributed by atoms with Crippen LogP contribution in [0.25, 0.3) is 0 Å². The first-order chi connectivity index (χ1) is 8.99. The van der Waals surface area contributed by atoms with Gasteiger partial charge in [-0.05, 0) is 44.9 Å². The molecule has 0 radical (unpaired) electrons. The molecule has 0 saturated carbocycles. The quantitative estimate of drug-likeness (QED) is 0.870. The lowest BCUT2D eigenvalue weighted by Gasteiger charge is -2.22. The van der Waals surface area contributed by atoms with E-state index in [1.54, 1.807) is 20.8 Å². The van der Waals surface area contributed by atoms with Crippen LogP contribution in [0.1, 0.15) is 31.9 Å². The van der Waals surface area contributed by atoms with E-state index in [-0.39, 0.29) is 6.42 Å². The van der Waals surface area contributed by atoms with Gasteiger partial charge in [0.25, 0.3) is 0 Å². The van der Waals surface area contributed by atoms with Crippen molar-refractivity contribution in [3.8, 4) is 0 Å². The maximum Gasteiger partial charge on any atom is 0.416 e. The molecule has 0 aromatic heterocycles. The SMILES string of the molecule is CC(C)(C)OC(=O)[C@@H](N)Cc1ccc(C(F)(F)F)cc1. The predicted octanol–water partition coefficient (Wildman–Crippen LogP) is 2.92. The maximum absolute atomic E-state index is 12.4. The summed E-state index contributed by atoms with van der Waals surface area (Å²) >= 11 is 0. The van der Waals surface area contributed by atoms with E-state index < -0.39 is 29.4 Å². The monoisotopic (exact) mass is 289 g/mol. The number of nitrogens with two attached hydrogens (primary N) is 1. The second kappa shape index (κ2) is 5.83. The first-order valence-electron chi connectivity index (χ1n) is 6.13. The van der Waals surface area contributed by atoms with Gasteiger partial charge in [-0.25, -0.2) is 0 Å². The minimum atomic E-state index is -4.37. The molecule has 0 heterocycles. The van der Waals surface area contributed by atoms with Crippen LogP contribution in [0.15, 0.2) is 24.3 Å². The Morgan fingerprint density at radius 2 is 1.70 bits per heavy atom. The molecule has 0 aliphatic rings. The number of esters is 1. The van der Waals surface area contributed by atoms with Gasteiger partial charge < -0.3 is 10.5 Å². The standard InChI is InChI=1S/C14H18F3NO2/c1-13(2,3)20-12(19)11(18)8-9-4-6-10(7-5-9)14(15,16)17/h4-7,11H,8,18H2,1-3H3/t11-/m0/s1. The van der Waals surface area contributed by atoms with Crippen LogP contribution in [0, 0.1) is 0 Å². The summed E-state index contributed by atoms with van der Waals surface area (Å²) in [6, 6.07) is 3.67. The van der Waals surface area contributed by atoms with Gasteiger partial charge in [0.2, 0.25) is 0 Å². The Bertz CT molecular complexity index is 461. The van der Waals surface area contributed by atoms with Gasteiger partial charge in [0.1, 0.15) is 11.6 Å². The van der Waals surface area contributed by atoms with E-state index in [9.17, 15) is 18.0 Å². The normalized spacial score (nSPS) is 13.9. The average Bonchev–Trinajstić information content (AvgIpc) is 2.26. The van der Waals surface area contributed by atoms with Crippen molar-refractivity contribution in [3.63, 3.8) is 0 Å². The number of hydrogen-bond donors (Lipinski definition) is 1. The molecule has 20 heavy (non-hydrogen) atoms. The van der Waals surface area contributed by atoms with Gasteiger partial charge in [-0.1, -0.05) is 12.1 Å². The molecule has 0 saturated heterocycles. The lowest BCUT2D eigenvalue weighted by molar-refractivity contribution is -0.156. The van der Waals surface area contributed by atoms with E-state index in [0.717, 1.165) is 12.1 Å². The fourth-order valence-electron chi connectivity index (χ4n) is 1.54. The number of benzene rings is 1. The van der Waals surface area contributed by atoms with Crippen molar-refractivity contribution >= 4 is 5.97 Å². The van der Waals surface area contributed by atoms with Crippen molar-refractivity contribution in [3.05, 3.63) is 35.4 Å². The number of carbonyl (C=O) groups excluding carboxylic acids is 1. The number of hydrogen-bond acceptors (Lipinski definition) is 3. The summed E-state index contributed by atoms with van der Waals surface area (Å²) in [5.41, 5.74) is 4.86. The van der Waals surface area contributed by atoms with Crippen LogP contribution in [0.4, 0.5) is 13.2 Å². The Labute approximate surface area is 115 Å². The molecular formula is C14H18F3NO2. The van der Waals surface area contributed by atoms with Crippen LogP contribution in [-0.4, -0.2) is 17.6 Å². The molecular weight excluding hydrogens is 271 g/mol. The van der Waals surface area contributed by atoms with E-state index in [1.165, 1.54) is 12.1 Å². The van der Waals surface area contributed by atoms with Gasteiger partial charge >= 0.3 is 12.1 Å². The van der Waals surface area contributed by atoms with E-state index in [4.69, 9.17) is 10.5 Å². The van der Waals surface area contributed by atoms with Gasteiger partial charge in [-0.2, -0.15) is 13.2 Å². The van der Waals surface area contributed by atoms with Crippen LogP contribution in [0.2, 0.25) is 0 Å². The van der Waals surface area contributed by atoms with Gasteiger partial charge in [0, 0.05) is 0 Å². The van der Waals surface area contributed by atoms with Crippen molar-refractivity contribution in [1.29, 1.82) is 0 Å². The van der Waals surface area contributed by atoms with Crippen molar-refractivity contribution in [1.82, 2.24) is 0 Å². The summed E-state index contributed by atoms with van der Waals surface area (Å²) in [6.07, 6.45) is -4.24. The van der Waals surface area contributed by atoms with E-state index in [0.29, 0.717) is 5.56 Å². The first-order valence-corrected chi connectivity index (χ1v) is 6.13. The zero-order valence-corrected chi connectivity index (χ0v) is 11.6. The molecule has 1 aromatic rings. The smallest absolute Gasteiger partial charge is 0.416 e. The Hall–Kier alpha value is -1.56. The summed E-state index contributed by atoms with van der Waals surface area (Å²) < 4.78 is 42.3. The summed E-state index contributed by atoms with van der Waals surface area (Å²) in [6.45, 7) is 5.15. The van der Waals surface area contributed by atoms with E-state index in [2.05, 4.69) is 0 Å². The molecule has 3 nitrogen and oxygen atoms in total. The predicted molar refractivity (Wildman–Crippen MR) is 69.0 cm³/mol. The van der Waals surface area contributed by atoms with Gasteiger partial charge in [-0.3, -0.25) is 4.79 Å². The lowest BCUT2D eigenvalue weighted by atomic mass is 10.0. The average molecular weight is 289 g/mol. The van der Waals surface area contributed by atoms with Gasteiger partial charge in [0.05, 0.1) is 5.56 Å². The topological polar surface area (TPSA) is 52.3 Å². The van der Waals surface area contributed by atoms with Crippen LogP contribution in [-0.2, 0) is 22.1 Å². The molecule has 1 rings (SSSR count). The molecule has 0 amide bonds. The Kier molecular flexibility index (Phi) is 4.81. The minimum absolute atomic E-state index is 0.132. The molecule has 0 fully saturated rings. The van der Waals surface area contributed by atoms with Crippen molar-refractivity contribution < 1.29 is 22.7 Å². The molecule has 0 aliphatic carbocycles. The third-order valence-corrected chi connectivity index (χ3v) is 2.45. The van der Waals surface area contributed by atoms with E-state index in [1.807, 2.05) is 0 Å². The largest absolute Gasteiger partial charge is 0.459 e. The highest BCUT2D eigenvalue weighted by Gasteiger charge is 2.30. The van der Waals surface area contributed by atoms with Crippen molar-refractivity contribution in [2.75, 3.05) is 0 Å². The number of carbonyl (C=O) groups is 1. The number of rotatable bonds is 3. The Morgan fingerprint density at radius 3 is 2.10 bits per heavy atom. The van der Waals surface area contributed by atoms with Gasteiger partial charge in [-0.15, -0.1) is 0 Å². The molecule has 0 bridgehead atoms. The third kappa shape index (κ3) is 5.21. The fraction of sp³-hybridized carbons (Fsp3) is 0.500. The third-order valence-electron chi connectivity index (χ3n) is 2.45. The highest BCUT2D eigenvalue weighted by Crippen LogP contribution is 2.29. The fourth-order valence-corrected chi connectivity index (χ4v) is 1.54. The molecule has 1 aromatic carbocycles. The van der Waals surface area contributed by atoms with Crippen LogP contribution in [0.3, 0.4) is 0 Å². The molecule has 6 heteroatoms. The number of ether oxygens (including phenoxy) is 1. The highest BCUT2D eigenvalue weighted by molar-refractivity contribution is 5.76.